The molecule has 172 valence electrons. The van der Waals surface area contributed by atoms with Crippen LogP contribution < -0.4 is 21.7 Å². The minimum atomic E-state index is -1.50. The lowest BCUT2D eigenvalue weighted by molar-refractivity contribution is -0.145. The molecule has 0 radical (unpaired) electrons. The van der Waals surface area contributed by atoms with Crippen LogP contribution in [0.25, 0.3) is 0 Å². The predicted molar refractivity (Wildman–Crippen MR) is 117 cm³/mol. The zero-order chi connectivity index (χ0) is 23.4. The van der Waals surface area contributed by atoms with Crippen molar-refractivity contribution in [2.24, 2.45) is 5.73 Å². The number of carbonyl (C=O) groups excluding carboxylic acids is 3. The van der Waals surface area contributed by atoms with E-state index in [-0.39, 0.29) is 13.0 Å². The number of nitrogens with one attached hydrogen (secondary N) is 3. The highest BCUT2D eigenvalue weighted by Crippen LogP contribution is 2.04. The van der Waals surface area contributed by atoms with Gasteiger partial charge in [-0.1, -0.05) is 30.3 Å². The summed E-state index contributed by atoms with van der Waals surface area (Å²) in [5, 5.41) is 25.8. The van der Waals surface area contributed by atoms with Crippen LogP contribution in [0.5, 0.6) is 0 Å². The molecule has 0 aliphatic heterocycles. The number of aliphatic hydroxyl groups excluding tert-OH is 1. The molecule has 0 saturated carbocycles. The van der Waals surface area contributed by atoms with E-state index in [9.17, 15) is 24.3 Å². The smallest absolute Gasteiger partial charge is 0.328 e. The molecule has 10 nitrogen and oxygen atoms in total. The summed E-state index contributed by atoms with van der Waals surface area (Å²) < 4.78 is 0. The van der Waals surface area contributed by atoms with E-state index in [1.807, 2.05) is 36.6 Å². The van der Waals surface area contributed by atoms with Gasteiger partial charge in [0.15, 0.2) is 6.04 Å². The third-order valence-corrected chi connectivity index (χ3v) is 5.01. The molecule has 3 amide bonds. The number of thioether (sulfide) groups is 1. The molecular formula is C20H30N4O6S. The van der Waals surface area contributed by atoms with Crippen LogP contribution in [-0.4, -0.2) is 76.7 Å². The molecule has 1 rings (SSSR count). The van der Waals surface area contributed by atoms with Crippen LogP contribution in [0, 0.1) is 0 Å². The average molecular weight is 455 g/mol. The summed E-state index contributed by atoms with van der Waals surface area (Å²) in [7, 11) is 0. The van der Waals surface area contributed by atoms with Crippen molar-refractivity contribution in [2.45, 2.75) is 44.0 Å². The maximum Gasteiger partial charge on any atom is 0.328 e. The van der Waals surface area contributed by atoms with Crippen molar-refractivity contribution in [3.8, 4) is 0 Å². The largest absolute Gasteiger partial charge is 0.480 e. The Kier molecular flexibility index (Phi) is 11.6. The van der Waals surface area contributed by atoms with E-state index in [1.54, 1.807) is 0 Å². The van der Waals surface area contributed by atoms with Gasteiger partial charge in [0.2, 0.25) is 17.7 Å². The van der Waals surface area contributed by atoms with Crippen molar-refractivity contribution in [3.05, 3.63) is 35.9 Å². The van der Waals surface area contributed by atoms with Gasteiger partial charge in [0.05, 0.1) is 18.7 Å². The van der Waals surface area contributed by atoms with Crippen molar-refractivity contribution in [1.82, 2.24) is 16.0 Å². The summed E-state index contributed by atoms with van der Waals surface area (Å²) in [6, 6.07) is 5.83. The normalized spacial score (nSPS) is 14.6. The first-order chi connectivity index (χ1) is 14.6. The van der Waals surface area contributed by atoms with Crippen LogP contribution in [0.3, 0.4) is 0 Å². The van der Waals surface area contributed by atoms with E-state index >= 15 is 0 Å². The fraction of sp³-hybridized carbons (Fsp3) is 0.500. The molecule has 0 fully saturated rings. The number of benzene rings is 1. The number of carboxylic acid groups (broad SMARTS) is 1. The van der Waals surface area contributed by atoms with Gasteiger partial charge >= 0.3 is 5.97 Å². The van der Waals surface area contributed by atoms with Crippen molar-refractivity contribution in [1.29, 1.82) is 0 Å². The van der Waals surface area contributed by atoms with Gasteiger partial charge in [-0.3, -0.25) is 14.4 Å². The summed E-state index contributed by atoms with van der Waals surface area (Å²) in [5.74, 6) is -2.73. The second kappa shape index (κ2) is 13.6. The van der Waals surface area contributed by atoms with Crippen LogP contribution in [0.15, 0.2) is 30.3 Å². The summed E-state index contributed by atoms with van der Waals surface area (Å²) >= 11 is 1.45. The van der Waals surface area contributed by atoms with Crippen LogP contribution in [0.4, 0.5) is 0 Å². The number of amides is 3. The number of rotatable bonds is 13. The van der Waals surface area contributed by atoms with E-state index in [4.69, 9.17) is 10.8 Å². The van der Waals surface area contributed by atoms with Gasteiger partial charge in [-0.05, 0) is 37.3 Å². The Morgan fingerprint density at radius 2 is 1.74 bits per heavy atom. The number of hydrogen-bond donors (Lipinski definition) is 6. The SMILES string of the molecule is CSCCC(NC(=O)CNC(=O)C(N)Cc1ccccc1)C(=O)NC(C(=O)O)C(C)O. The number of carboxylic acids is 1. The van der Waals surface area contributed by atoms with Crippen molar-refractivity contribution in [3.63, 3.8) is 0 Å². The second-order valence-corrected chi connectivity index (χ2v) is 7.97. The standard InChI is InChI=1S/C20H30N4O6S/c1-12(25)17(20(29)30)24-19(28)15(8-9-31-2)23-16(26)11-22-18(27)14(21)10-13-6-4-3-5-7-13/h3-7,12,14-15,17,25H,8-11,21H2,1-2H3,(H,22,27)(H,23,26)(H,24,28)(H,29,30). The lowest BCUT2D eigenvalue weighted by Crippen LogP contribution is -2.56. The number of aliphatic hydroxyl groups is 1. The molecular weight excluding hydrogens is 424 g/mol. The topological polar surface area (TPSA) is 171 Å². The molecule has 0 saturated heterocycles. The maximum atomic E-state index is 12.4. The molecule has 0 aliphatic rings. The molecule has 4 atom stereocenters. The molecule has 0 aliphatic carbocycles. The van der Waals surface area contributed by atoms with Crippen LogP contribution in [0.1, 0.15) is 18.9 Å². The van der Waals surface area contributed by atoms with E-state index in [0.29, 0.717) is 12.2 Å². The zero-order valence-electron chi connectivity index (χ0n) is 17.5. The summed E-state index contributed by atoms with van der Waals surface area (Å²) in [5.41, 5.74) is 6.76. The molecule has 0 heterocycles. The highest BCUT2D eigenvalue weighted by atomic mass is 32.2. The molecule has 0 aromatic heterocycles. The van der Waals surface area contributed by atoms with E-state index in [1.165, 1.54) is 18.7 Å². The monoisotopic (exact) mass is 454 g/mol. The fourth-order valence-corrected chi connectivity index (χ4v) is 3.12. The first-order valence-corrected chi connectivity index (χ1v) is 11.1. The Morgan fingerprint density at radius 1 is 1.10 bits per heavy atom. The van der Waals surface area contributed by atoms with Gasteiger partial charge in [0, 0.05) is 0 Å². The fourth-order valence-electron chi connectivity index (χ4n) is 2.65. The lowest BCUT2D eigenvalue weighted by Gasteiger charge is -2.22. The Hall–Kier alpha value is -2.63. The van der Waals surface area contributed by atoms with Gasteiger partial charge in [-0.15, -0.1) is 0 Å². The molecule has 31 heavy (non-hydrogen) atoms. The Labute approximate surface area is 185 Å². The predicted octanol–water partition coefficient (Wildman–Crippen LogP) is -1.14. The first-order valence-electron chi connectivity index (χ1n) is 9.72. The molecule has 0 spiro atoms. The average Bonchev–Trinajstić information content (AvgIpc) is 2.73. The maximum absolute atomic E-state index is 12.4. The quantitative estimate of drug-likeness (QED) is 0.217. The Bertz CT molecular complexity index is 746. The number of aliphatic carboxylic acids is 1. The Morgan fingerprint density at radius 3 is 2.29 bits per heavy atom. The van der Waals surface area contributed by atoms with Gasteiger partial charge < -0.3 is 31.9 Å². The molecule has 1 aromatic carbocycles. The van der Waals surface area contributed by atoms with Gasteiger partial charge in [-0.2, -0.15) is 11.8 Å². The highest BCUT2D eigenvalue weighted by molar-refractivity contribution is 7.98. The minimum absolute atomic E-state index is 0.242. The number of nitrogens with two attached hydrogens (primary N) is 1. The van der Waals surface area contributed by atoms with Crippen LogP contribution in [-0.2, 0) is 25.6 Å². The van der Waals surface area contributed by atoms with Crippen LogP contribution >= 0.6 is 11.8 Å². The highest BCUT2D eigenvalue weighted by Gasteiger charge is 2.29. The van der Waals surface area contributed by atoms with Crippen molar-refractivity contribution >= 4 is 35.5 Å². The molecule has 11 heteroatoms. The molecule has 4 unspecified atom stereocenters. The number of carbonyl (C=O) groups is 4. The van der Waals surface area contributed by atoms with Gasteiger partial charge in [0.25, 0.3) is 0 Å². The van der Waals surface area contributed by atoms with Gasteiger partial charge in [0.1, 0.15) is 6.04 Å². The van der Waals surface area contributed by atoms with E-state index in [2.05, 4.69) is 16.0 Å². The first kappa shape index (κ1) is 26.4. The molecule has 7 N–H and O–H groups in total. The lowest BCUT2D eigenvalue weighted by atomic mass is 10.1. The minimum Gasteiger partial charge on any atom is -0.480 e. The Balaban J connectivity index is 2.61. The summed E-state index contributed by atoms with van der Waals surface area (Å²) in [4.78, 5) is 48.0. The van der Waals surface area contributed by atoms with Gasteiger partial charge in [-0.25, -0.2) is 4.79 Å². The van der Waals surface area contributed by atoms with Crippen molar-refractivity contribution in [2.75, 3.05) is 18.6 Å². The third kappa shape index (κ3) is 9.81. The third-order valence-electron chi connectivity index (χ3n) is 4.37. The molecule has 0 bridgehead atoms. The number of hydrogen-bond acceptors (Lipinski definition) is 7. The van der Waals surface area contributed by atoms with E-state index in [0.717, 1.165) is 5.56 Å². The van der Waals surface area contributed by atoms with Crippen molar-refractivity contribution < 1.29 is 29.4 Å². The molecule has 1 aromatic rings. The summed E-state index contributed by atoms with van der Waals surface area (Å²) in [6.45, 7) is 0.853. The summed E-state index contributed by atoms with van der Waals surface area (Å²) in [6.07, 6.45) is 1.06. The second-order valence-electron chi connectivity index (χ2n) is 6.98. The van der Waals surface area contributed by atoms with E-state index < -0.39 is 47.9 Å². The zero-order valence-corrected chi connectivity index (χ0v) is 18.4. The van der Waals surface area contributed by atoms with Crippen LogP contribution in [0.2, 0.25) is 0 Å².